The average molecular weight is 215 g/mol. The van der Waals surface area contributed by atoms with E-state index in [-0.39, 0.29) is 6.54 Å². The van der Waals surface area contributed by atoms with Crippen LogP contribution >= 0.6 is 0 Å². The third kappa shape index (κ3) is 2.68. The number of nitrogens with zero attached hydrogens (tertiary/aromatic N) is 2. The maximum absolute atomic E-state index is 11.0. The summed E-state index contributed by atoms with van der Waals surface area (Å²) in [5.41, 5.74) is 1.67. The van der Waals surface area contributed by atoms with Gasteiger partial charge in [-0.05, 0) is 13.0 Å². The molecule has 1 aromatic heterocycles. The fourth-order valence-electron chi connectivity index (χ4n) is 0.955. The average Bonchev–Trinajstić information content (AvgIpc) is 2.44. The van der Waals surface area contributed by atoms with Crippen LogP contribution in [0.4, 0.5) is 0 Å². The zero-order valence-electron chi connectivity index (χ0n) is 8.19. The highest BCUT2D eigenvalue weighted by Crippen LogP contribution is 2.01. The lowest BCUT2D eigenvalue weighted by Crippen LogP contribution is -2.20. The molecule has 0 radical (unpaired) electrons. The van der Waals surface area contributed by atoms with Crippen LogP contribution in [-0.4, -0.2) is 18.2 Å². The minimum Gasteiger partial charge on any atom is -0.273 e. The first-order valence-electron chi connectivity index (χ1n) is 4.06. The molecular formula is C8H13N3O2S. The normalized spacial score (nSPS) is 11.6. The number of hydrogen-bond donors (Lipinski definition) is 1. The van der Waals surface area contributed by atoms with Gasteiger partial charge in [0.15, 0.2) is 0 Å². The van der Waals surface area contributed by atoms with Crippen LogP contribution in [0.3, 0.4) is 0 Å². The van der Waals surface area contributed by atoms with Gasteiger partial charge in [-0.3, -0.25) is 4.68 Å². The van der Waals surface area contributed by atoms with Gasteiger partial charge in [0.2, 0.25) is 10.0 Å². The van der Waals surface area contributed by atoms with E-state index in [1.165, 1.54) is 0 Å². The van der Waals surface area contributed by atoms with Crippen molar-refractivity contribution in [3.8, 4) is 0 Å². The van der Waals surface area contributed by atoms with Crippen molar-refractivity contribution < 1.29 is 8.42 Å². The van der Waals surface area contributed by atoms with E-state index < -0.39 is 10.0 Å². The monoisotopic (exact) mass is 215 g/mol. The Kier molecular flexibility index (Phi) is 3.07. The maximum atomic E-state index is 11.0. The Morgan fingerprint density at radius 2 is 2.36 bits per heavy atom. The number of aromatic nitrogens is 2. The highest BCUT2D eigenvalue weighted by molar-refractivity contribution is 7.92. The minimum absolute atomic E-state index is 0.191. The van der Waals surface area contributed by atoms with Crippen molar-refractivity contribution in [3.63, 3.8) is 0 Å². The van der Waals surface area contributed by atoms with Crippen molar-refractivity contribution in [2.45, 2.75) is 13.5 Å². The zero-order chi connectivity index (χ0) is 10.8. The highest BCUT2D eigenvalue weighted by atomic mass is 32.2. The molecule has 1 rings (SSSR count). The summed E-state index contributed by atoms with van der Waals surface area (Å²) in [7, 11) is -1.55. The van der Waals surface area contributed by atoms with Crippen LogP contribution in [0.1, 0.15) is 11.4 Å². The molecule has 0 aliphatic carbocycles. The van der Waals surface area contributed by atoms with Crippen LogP contribution in [0, 0.1) is 6.92 Å². The lowest BCUT2D eigenvalue weighted by molar-refractivity contribution is 0.588. The van der Waals surface area contributed by atoms with E-state index >= 15 is 0 Å². The summed E-state index contributed by atoms with van der Waals surface area (Å²) < 4.78 is 26.0. The molecule has 0 aliphatic heterocycles. The molecule has 78 valence electrons. The second kappa shape index (κ2) is 3.93. The molecule has 6 heteroatoms. The second-order valence-corrected chi connectivity index (χ2v) is 4.65. The number of rotatable bonds is 4. The van der Waals surface area contributed by atoms with Crippen LogP contribution in [0.2, 0.25) is 0 Å². The van der Waals surface area contributed by atoms with Gasteiger partial charge in [0.25, 0.3) is 0 Å². The Morgan fingerprint density at radius 3 is 2.79 bits per heavy atom. The van der Waals surface area contributed by atoms with E-state index in [1.807, 2.05) is 13.0 Å². The van der Waals surface area contributed by atoms with E-state index in [4.69, 9.17) is 0 Å². The zero-order valence-corrected chi connectivity index (χ0v) is 9.00. The SMILES string of the molecule is C=CS(=O)(=O)NCc1cc(C)n(C)n1. The van der Waals surface area contributed by atoms with Gasteiger partial charge >= 0.3 is 0 Å². The molecule has 0 saturated carbocycles. The largest absolute Gasteiger partial charge is 0.273 e. The molecular weight excluding hydrogens is 202 g/mol. The van der Waals surface area contributed by atoms with Gasteiger partial charge in [0.1, 0.15) is 0 Å². The number of nitrogens with one attached hydrogen (secondary N) is 1. The van der Waals surface area contributed by atoms with E-state index in [0.717, 1.165) is 11.1 Å². The summed E-state index contributed by atoms with van der Waals surface area (Å²) >= 11 is 0. The summed E-state index contributed by atoms with van der Waals surface area (Å²) in [4.78, 5) is 0. The van der Waals surface area contributed by atoms with Gasteiger partial charge in [-0.25, -0.2) is 13.1 Å². The van der Waals surface area contributed by atoms with Gasteiger partial charge in [-0.2, -0.15) is 5.10 Å². The molecule has 0 fully saturated rings. The lowest BCUT2D eigenvalue weighted by atomic mass is 10.4. The Labute approximate surface area is 83.5 Å². The van der Waals surface area contributed by atoms with E-state index in [9.17, 15) is 8.42 Å². The quantitative estimate of drug-likeness (QED) is 0.785. The molecule has 0 unspecified atom stereocenters. The van der Waals surface area contributed by atoms with Crippen LogP contribution in [0.5, 0.6) is 0 Å². The van der Waals surface area contributed by atoms with Crippen LogP contribution < -0.4 is 4.72 Å². The fourth-order valence-corrected chi connectivity index (χ4v) is 1.42. The first-order chi connectivity index (χ1) is 6.44. The molecule has 0 aliphatic rings. The molecule has 1 heterocycles. The van der Waals surface area contributed by atoms with Gasteiger partial charge in [0.05, 0.1) is 12.2 Å². The lowest BCUT2D eigenvalue weighted by Gasteiger charge is -1.98. The summed E-state index contributed by atoms with van der Waals surface area (Å²) in [5, 5.41) is 4.98. The molecule has 0 aromatic carbocycles. The topological polar surface area (TPSA) is 64.0 Å². The van der Waals surface area contributed by atoms with Crippen molar-refractivity contribution in [2.75, 3.05) is 0 Å². The Morgan fingerprint density at radius 1 is 1.71 bits per heavy atom. The van der Waals surface area contributed by atoms with E-state index in [0.29, 0.717) is 5.69 Å². The Bertz CT molecular complexity index is 414. The molecule has 0 saturated heterocycles. The van der Waals surface area contributed by atoms with Crippen LogP contribution in [0.25, 0.3) is 0 Å². The smallest absolute Gasteiger partial charge is 0.233 e. The predicted octanol–water partition coefficient (Wildman–Crippen LogP) is 0.291. The van der Waals surface area contributed by atoms with Crippen molar-refractivity contribution in [1.82, 2.24) is 14.5 Å². The molecule has 5 nitrogen and oxygen atoms in total. The molecule has 14 heavy (non-hydrogen) atoms. The van der Waals surface area contributed by atoms with Crippen molar-refractivity contribution >= 4 is 10.0 Å². The first-order valence-corrected chi connectivity index (χ1v) is 5.61. The number of hydrogen-bond acceptors (Lipinski definition) is 3. The molecule has 0 spiro atoms. The molecule has 1 aromatic rings. The summed E-state index contributed by atoms with van der Waals surface area (Å²) in [6.07, 6.45) is 0. The van der Waals surface area contributed by atoms with Crippen LogP contribution in [0.15, 0.2) is 18.1 Å². The fraction of sp³-hybridized carbons (Fsp3) is 0.375. The minimum atomic E-state index is -3.36. The number of sulfonamides is 1. The molecule has 1 N–H and O–H groups in total. The predicted molar refractivity (Wildman–Crippen MR) is 53.9 cm³/mol. The summed E-state index contributed by atoms with van der Waals surface area (Å²) in [6.45, 7) is 5.28. The standard InChI is InChI=1S/C8H13N3O2S/c1-4-14(12,13)9-6-8-5-7(2)11(3)10-8/h4-5,9H,1,6H2,2-3H3. The second-order valence-electron chi connectivity index (χ2n) is 2.93. The number of aryl methyl sites for hydroxylation is 2. The van der Waals surface area contributed by atoms with Crippen molar-refractivity contribution in [1.29, 1.82) is 0 Å². The highest BCUT2D eigenvalue weighted by Gasteiger charge is 2.06. The van der Waals surface area contributed by atoms with Gasteiger partial charge < -0.3 is 0 Å². The molecule has 0 amide bonds. The Hall–Kier alpha value is -1.14. The van der Waals surface area contributed by atoms with Crippen molar-refractivity contribution in [2.24, 2.45) is 7.05 Å². The van der Waals surface area contributed by atoms with E-state index in [2.05, 4.69) is 16.4 Å². The van der Waals surface area contributed by atoms with Gasteiger partial charge in [-0.15, -0.1) is 0 Å². The van der Waals surface area contributed by atoms with E-state index in [1.54, 1.807) is 11.7 Å². The third-order valence-corrected chi connectivity index (χ3v) is 2.82. The summed E-state index contributed by atoms with van der Waals surface area (Å²) in [5.74, 6) is 0. The molecule has 0 atom stereocenters. The Balaban J connectivity index is 2.67. The summed E-state index contributed by atoms with van der Waals surface area (Å²) in [6, 6.07) is 1.83. The third-order valence-electron chi connectivity index (χ3n) is 1.84. The maximum Gasteiger partial charge on any atom is 0.233 e. The van der Waals surface area contributed by atoms with Crippen molar-refractivity contribution in [3.05, 3.63) is 29.4 Å². The van der Waals surface area contributed by atoms with Gasteiger partial charge in [-0.1, -0.05) is 6.58 Å². The van der Waals surface area contributed by atoms with Gasteiger partial charge in [0, 0.05) is 18.1 Å². The molecule has 0 bridgehead atoms. The first kappa shape index (κ1) is 10.9. The van der Waals surface area contributed by atoms with Crippen LogP contribution in [-0.2, 0) is 23.6 Å².